The lowest BCUT2D eigenvalue weighted by Crippen LogP contribution is -2.35. The number of amides is 1. The fourth-order valence-corrected chi connectivity index (χ4v) is 3.39. The quantitative estimate of drug-likeness (QED) is 0.619. The molecule has 2 aromatic rings. The van der Waals surface area contributed by atoms with Crippen molar-refractivity contribution in [2.75, 3.05) is 37.8 Å². The van der Waals surface area contributed by atoms with E-state index in [1.165, 1.54) is 5.00 Å². The summed E-state index contributed by atoms with van der Waals surface area (Å²) in [5, 5.41) is 5.61. The summed E-state index contributed by atoms with van der Waals surface area (Å²) in [6.07, 6.45) is 1.63. The number of hydrogen-bond acceptors (Lipinski definition) is 6. The molecule has 0 saturated carbocycles. The number of halogens is 1. The standard InChI is InChI=1S/C17H18ClN3O3S/c18-14-3-1-2-4-15(14)24-12-16(22)20-19-11-13-5-6-17(25-13)21-7-9-23-10-8-21/h1-6,11H,7-10,12H2,(H,20,22)/b19-11-. The number of para-hydroxylation sites is 1. The normalized spacial score (nSPS) is 14.7. The number of hydrazone groups is 1. The summed E-state index contributed by atoms with van der Waals surface area (Å²) in [4.78, 5) is 15.0. The van der Waals surface area contributed by atoms with Gasteiger partial charge in [-0.2, -0.15) is 5.10 Å². The molecule has 1 amide bonds. The monoisotopic (exact) mass is 379 g/mol. The van der Waals surface area contributed by atoms with Crippen LogP contribution in [0.4, 0.5) is 5.00 Å². The lowest BCUT2D eigenvalue weighted by molar-refractivity contribution is -0.123. The van der Waals surface area contributed by atoms with Crippen molar-refractivity contribution in [3.63, 3.8) is 0 Å². The Balaban J connectivity index is 1.45. The van der Waals surface area contributed by atoms with Crippen molar-refractivity contribution in [2.24, 2.45) is 5.10 Å². The van der Waals surface area contributed by atoms with Crippen LogP contribution in [0.3, 0.4) is 0 Å². The molecule has 0 spiro atoms. The third kappa shape index (κ3) is 5.19. The molecule has 1 fully saturated rings. The van der Waals surface area contributed by atoms with Crippen molar-refractivity contribution in [2.45, 2.75) is 0 Å². The number of rotatable bonds is 6. The molecule has 25 heavy (non-hydrogen) atoms. The van der Waals surface area contributed by atoms with Gasteiger partial charge >= 0.3 is 0 Å². The molecule has 1 aromatic heterocycles. The van der Waals surface area contributed by atoms with Gasteiger partial charge in [0.15, 0.2) is 6.61 Å². The van der Waals surface area contributed by atoms with E-state index < -0.39 is 0 Å². The second kappa shape index (κ2) is 8.84. The van der Waals surface area contributed by atoms with Crippen LogP contribution in [0.5, 0.6) is 5.75 Å². The van der Waals surface area contributed by atoms with Crippen molar-refractivity contribution >= 4 is 40.1 Å². The van der Waals surface area contributed by atoms with E-state index in [0.29, 0.717) is 10.8 Å². The molecule has 1 aromatic carbocycles. The van der Waals surface area contributed by atoms with Crippen molar-refractivity contribution < 1.29 is 14.3 Å². The molecule has 0 aliphatic carbocycles. The maximum atomic E-state index is 11.8. The van der Waals surface area contributed by atoms with Crippen molar-refractivity contribution in [3.05, 3.63) is 46.3 Å². The molecule has 1 saturated heterocycles. The second-order valence-electron chi connectivity index (χ2n) is 5.29. The van der Waals surface area contributed by atoms with Crippen LogP contribution < -0.4 is 15.1 Å². The predicted molar refractivity (Wildman–Crippen MR) is 100 cm³/mol. The number of morpholine rings is 1. The highest BCUT2D eigenvalue weighted by molar-refractivity contribution is 7.17. The van der Waals surface area contributed by atoms with E-state index in [9.17, 15) is 4.79 Å². The molecular formula is C17H18ClN3O3S. The minimum absolute atomic E-state index is 0.148. The maximum Gasteiger partial charge on any atom is 0.277 e. The van der Waals surface area contributed by atoms with Gasteiger partial charge in [-0.3, -0.25) is 4.79 Å². The smallest absolute Gasteiger partial charge is 0.277 e. The van der Waals surface area contributed by atoms with Crippen LogP contribution in [0.25, 0.3) is 0 Å². The van der Waals surface area contributed by atoms with Gasteiger partial charge in [0.2, 0.25) is 0 Å². The minimum atomic E-state index is -0.346. The first-order chi connectivity index (χ1) is 12.2. The lowest BCUT2D eigenvalue weighted by Gasteiger charge is -2.27. The van der Waals surface area contributed by atoms with E-state index in [1.807, 2.05) is 6.07 Å². The van der Waals surface area contributed by atoms with Crippen LogP contribution in [-0.4, -0.2) is 45.0 Å². The van der Waals surface area contributed by atoms with E-state index >= 15 is 0 Å². The number of benzene rings is 1. The van der Waals surface area contributed by atoms with E-state index in [-0.39, 0.29) is 12.5 Å². The number of nitrogens with zero attached hydrogens (tertiary/aromatic N) is 2. The molecule has 0 radical (unpaired) electrons. The first-order valence-electron chi connectivity index (χ1n) is 7.84. The summed E-state index contributed by atoms with van der Waals surface area (Å²) in [5.74, 6) is 0.123. The summed E-state index contributed by atoms with van der Waals surface area (Å²) < 4.78 is 10.7. The summed E-state index contributed by atoms with van der Waals surface area (Å²) in [6, 6.07) is 11.0. The molecule has 8 heteroatoms. The highest BCUT2D eigenvalue weighted by Crippen LogP contribution is 2.25. The molecule has 6 nitrogen and oxygen atoms in total. The molecule has 1 aliphatic rings. The number of nitrogens with one attached hydrogen (secondary N) is 1. The number of ether oxygens (including phenoxy) is 2. The summed E-state index contributed by atoms with van der Waals surface area (Å²) in [6.45, 7) is 3.15. The number of carbonyl (C=O) groups excluding carboxylic acids is 1. The van der Waals surface area contributed by atoms with Crippen LogP contribution in [0.15, 0.2) is 41.5 Å². The van der Waals surface area contributed by atoms with Crippen LogP contribution in [-0.2, 0) is 9.53 Å². The first kappa shape index (κ1) is 17.7. The molecule has 1 aliphatic heterocycles. The Kier molecular flexibility index (Phi) is 6.27. The zero-order valence-electron chi connectivity index (χ0n) is 13.5. The van der Waals surface area contributed by atoms with Crippen molar-refractivity contribution in [1.29, 1.82) is 0 Å². The largest absolute Gasteiger partial charge is 0.482 e. The van der Waals surface area contributed by atoms with E-state index in [4.69, 9.17) is 21.1 Å². The van der Waals surface area contributed by atoms with E-state index in [2.05, 4.69) is 21.5 Å². The average Bonchev–Trinajstić information content (AvgIpc) is 3.11. The number of hydrogen-bond donors (Lipinski definition) is 1. The van der Waals surface area contributed by atoms with E-state index in [0.717, 1.165) is 31.2 Å². The third-order valence-electron chi connectivity index (χ3n) is 3.51. The van der Waals surface area contributed by atoms with Crippen LogP contribution in [0.1, 0.15) is 4.88 Å². The zero-order chi connectivity index (χ0) is 17.5. The molecule has 132 valence electrons. The van der Waals surface area contributed by atoms with E-state index in [1.54, 1.807) is 41.8 Å². The summed E-state index contributed by atoms with van der Waals surface area (Å²) >= 11 is 7.59. The summed E-state index contributed by atoms with van der Waals surface area (Å²) in [5.41, 5.74) is 2.45. The van der Waals surface area contributed by atoms with Gasteiger partial charge in [-0.05, 0) is 24.3 Å². The third-order valence-corrected chi connectivity index (χ3v) is 4.90. The Morgan fingerprint density at radius 3 is 2.92 bits per heavy atom. The number of carbonyl (C=O) groups is 1. The lowest BCUT2D eigenvalue weighted by atomic mass is 10.3. The Hall–Kier alpha value is -2.09. The Labute approximate surface area is 155 Å². The fourth-order valence-electron chi connectivity index (χ4n) is 2.27. The number of anilines is 1. The van der Waals surface area contributed by atoms with Gasteiger partial charge in [-0.1, -0.05) is 23.7 Å². The minimum Gasteiger partial charge on any atom is -0.482 e. The van der Waals surface area contributed by atoms with Gasteiger partial charge in [0.1, 0.15) is 5.75 Å². The molecule has 0 bridgehead atoms. The average molecular weight is 380 g/mol. The number of thiophene rings is 1. The maximum absolute atomic E-state index is 11.8. The highest BCUT2D eigenvalue weighted by atomic mass is 35.5. The van der Waals surface area contributed by atoms with Crippen molar-refractivity contribution in [3.8, 4) is 5.75 Å². The molecular weight excluding hydrogens is 362 g/mol. The van der Waals surface area contributed by atoms with Crippen LogP contribution in [0.2, 0.25) is 5.02 Å². The SMILES string of the molecule is O=C(COc1ccccc1Cl)N/N=C\c1ccc(N2CCOCC2)s1. The zero-order valence-corrected chi connectivity index (χ0v) is 15.1. The van der Waals surface area contributed by atoms with Gasteiger partial charge in [-0.15, -0.1) is 11.3 Å². The van der Waals surface area contributed by atoms with Gasteiger partial charge in [0.25, 0.3) is 5.91 Å². The molecule has 0 unspecified atom stereocenters. The van der Waals surface area contributed by atoms with Crippen LogP contribution in [0, 0.1) is 0 Å². The fraction of sp³-hybridized carbons (Fsp3) is 0.294. The Morgan fingerprint density at radius 2 is 2.12 bits per heavy atom. The topological polar surface area (TPSA) is 63.2 Å². The second-order valence-corrected chi connectivity index (χ2v) is 6.79. The molecule has 3 rings (SSSR count). The highest BCUT2D eigenvalue weighted by Gasteiger charge is 2.12. The predicted octanol–water partition coefficient (Wildman–Crippen LogP) is 2.77. The first-order valence-corrected chi connectivity index (χ1v) is 9.03. The Bertz CT molecular complexity index is 744. The molecule has 1 N–H and O–H groups in total. The van der Waals surface area contributed by atoms with Gasteiger partial charge < -0.3 is 14.4 Å². The summed E-state index contributed by atoms with van der Waals surface area (Å²) in [7, 11) is 0. The van der Waals surface area contributed by atoms with Gasteiger partial charge in [0, 0.05) is 18.0 Å². The molecule has 0 atom stereocenters. The molecule has 2 heterocycles. The Morgan fingerprint density at radius 1 is 1.32 bits per heavy atom. The van der Waals surface area contributed by atoms with Gasteiger partial charge in [-0.25, -0.2) is 5.43 Å². The van der Waals surface area contributed by atoms with Crippen molar-refractivity contribution in [1.82, 2.24) is 5.43 Å². The van der Waals surface area contributed by atoms with Crippen LogP contribution >= 0.6 is 22.9 Å². The van der Waals surface area contributed by atoms with Gasteiger partial charge in [0.05, 0.1) is 29.5 Å².